The van der Waals surface area contributed by atoms with Gasteiger partial charge in [0.05, 0.1) is 11.6 Å². The summed E-state index contributed by atoms with van der Waals surface area (Å²) in [5.41, 5.74) is 0.817. The quantitative estimate of drug-likeness (QED) is 0.725. The Morgan fingerprint density at radius 3 is 2.60 bits per heavy atom. The number of rotatable bonds is 5. The molecule has 0 bridgehead atoms. The van der Waals surface area contributed by atoms with E-state index in [9.17, 15) is 0 Å². The minimum Gasteiger partial charge on any atom is -0.355 e. The Balaban J connectivity index is 2.69. The molecule has 1 heterocycles. The van der Waals surface area contributed by atoms with Crippen molar-refractivity contribution in [2.24, 2.45) is 0 Å². The summed E-state index contributed by atoms with van der Waals surface area (Å²) in [5, 5.41) is 8.18. The van der Waals surface area contributed by atoms with E-state index in [2.05, 4.69) is 28.9 Å². The second-order valence-electron chi connectivity index (χ2n) is 3.77. The van der Waals surface area contributed by atoms with E-state index in [0.29, 0.717) is 11.9 Å². The summed E-state index contributed by atoms with van der Waals surface area (Å²) < 4.78 is 0. The van der Waals surface area contributed by atoms with Gasteiger partial charge in [0, 0.05) is 13.1 Å². The van der Waals surface area contributed by atoms with Gasteiger partial charge in [-0.15, -0.1) is 16.7 Å². The molecule has 1 atom stereocenters. The van der Waals surface area contributed by atoms with Crippen LogP contribution in [0.15, 0.2) is 12.1 Å². The van der Waals surface area contributed by atoms with Crippen LogP contribution in [0.5, 0.6) is 0 Å². The van der Waals surface area contributed by atoms with Crippen LogP contribution in [0, 0.1) is 0 Å². The monoisotopic (exact) mass is 227 g/mol. The molecule has 0 aliphatic carbocycles. The van der Waals surface area contributed by atoms with E-state index in [-0.39, 0.29) is 0 Å². The normalized spacial score (nSPS) is 12.5. The molecule has 0 spiro atoms. The summed E-state index contributed by atoms with van der Waals surface area (Å²) in [6.07, 6.45) is 2.34. The molecular formula is C11H18ClN3. The molecule has 15 heavy (non-hydrogen) atoms. The molecule has 0 aliphatic rings. The lowest BCUT2D eigenvalue weighted by Crippen LogP contribution is -2.29. The first-order valence-electron chi connectivity index (χ1n) is 5.30. The zero-order valence-corrected chi connectivity index (χ0v) is 10.3. The van der Waals surface area contributed by atoms with Crippen LogP contribution >= 0.6 is 11.6 Å². The predicted molar refractivity (Wildman–Crippen MR) is 64.4 cm³/mol. The topological polar surface area (TPSA) is 29.0 Å². The van der Waals surface area contributed by atoms with E-state index in [1.165, 1.54) is 6.42 Å². The summed E-state index contributed by atoms with van der Waals surface area (Å²) in [4.78, 5) is 2.15. The van der Waals surface area contributed by atoms with Gasteiger partial charge in [-0.2, -0.15) is 5.10 Å². The van der Waals surface area contributed by atoms with Gasteiger partial charge in [-0.3, -0.25) is 0 Å². The van der Waals surface area contributed by atoms with Crippen LogP contribution in [0.1, 0.15) is 32.4 Å². The maximum atomic E-state index is 5.66. The lowest BCUT2D eigenvalue weighted by atomic mass is 10.2. The van der Waals surface area contributed by atoms with E-state index in [1.807, 2.05) is 19.2 Å². The Hall–Kier alpha value is -0.830. The minimum atomic E-state index is 0.418. The van der Waals surface area contributed by atoms with E-state index >= 15 is 0 Å². The van der Waals surface area contributed by atoms with Gasteiger partial charge in [0.25, 0.3) is 0 Å². The van der Waals surface area contributed by atoms with Crippen molar-refractivity contribution in [1.82, 2.24) is 10.2 Å². The van der Waals surface area contributed by atoms with Crippen LogP contribution in [0.25, 0.3) is 0 Å². The zero-order valence-electron chi connectivity index (χ0n) is 9.57. The first kappa shape index (κ1) is 12.2. The smallest absolute Gasteiger partial charge is 0.151 e. The van der Waals surface area contributed by atoms with Gasteiger partial charge in [-0.05, 0) is 25.5 Å². The molecule has 0 fully saturated rings. The van der Waals surface area contributed by atoms with Crippen LogP contribution in [0.4, 0.5) is 5.82 Å². The van der Waals surface area contributed by atoms with Gasteiger partial charge >= 0.3 is 0 Å². The maximum Gasteiger partial charge on any atom is 0.151 e. The van der Waals surface area contributed by atoms with E-state index in [1.54, 1.807) is 0 Å². The summed E-state index contributed by atoms with van der Waals surface area (Å²) in [5.74, 6) is 1.33. The largest absolute Gasteiger partial charge is 0.355 e. The molecule has 0 radical (unpaired) electrons. The maximum absolute atomic E-state index is 5.66. The van der Waals surface area contributed by atoms with Crippen LogP contribution in [-0.2, 0) is 5.88 Å². The molecule has 1 aromatic rings. The lowest BCUT2D eigenvalue weighted by molar-refractivity contribution is 0.608. The molecule has 0 aromatic carbocycles. The van der Waals surface area contributed by atoms with Gasteiger partial charge in [0.1, 0.15) is 0 Å². The highest BCUT2D eigenvalue weighted by Crippen LogP contribution is 2.14. The van der Waals surface area contributed by atoms with E-state index < -0.39 is 0 Å². The van der Waals surface area contributed by atoms with Crippen LogP contribution in [0.3, 0.4) is 0 Å². The van der Waals surface area contributed by atoms with Gasteiger partial charge < -0.3 is 4.90 Å². The molecular weight excluding hydrogens is 210 g/mol. The van der Waals surface area contributed by atoms with Gasteiger partial charge in [-0.25, -0.2) is 0 Å². The van der Waals surface area contributed by atoms with Crippen molar-refractivity contribution in [3.8, 4) is 0 Å². The van der Waals surface area contributed by atoms with Crippen LogP contribution in [-0.4, -0.2) is 23.3 Å². The first-order valence-corrected chi connectivity index (χ1v) is 5.83. The average Bonchev–Trinajstić information content (AvgIpc) is 2.28. The van der Waals surface area contributed by atoms with Crippen molar-refractivity contribution in [3.63, 3.8) is 0 Å². The molecule has 84 valence electrons. The fourth-order valence-corrected chi connectivity index (χ4v) is 1.59. The molecule has 0 aliphatic heterocycles. The first-order chi connectivity index (χ1) is 7.19. The number of hydrogen-bond acceptors (Lipinski definition) is 3. The molecule has 1 unspecified atom stereocenters. The third-order valence-corrected chi connectivity index (χ3v) is 2.85. The van der Waals surface area contributed by atoms with Crippen molar-refractivity contribution >= 4 is 17.4 Å². The molecule has 0 saturated carbocycles. The Bertz CT molecular complexity index is 286. The highest BCUT2D eigenvalue weighted by atomic mass is 35.5. The summed E-state index contributed by atoms with van der Waals surface area (Å²) in [6, 6.07) is 4.38. The van der Waals surface area contributed by atoms with E-state index in [4.69, 9.17) is 11.6 Å². The fourth-order valence-electron chi connectivity index (χ4n) is 1.45. The number of alkyl halides is 1. The summed E-state index contributed by atoms with van der Waals surface area (Å²) >= 11 is 5.66. The van der Waals surface area contributed by atoms with Crippen molar-refractivity contribution in [2.75, 3.05) is 11.9 Å². The van der Waals surface area contributed by atoms with Gasteiger partial charge in [0.15, 0.2) is 5.82 Å². The molecule has 0 N–H and O–H groups in total. The Morgan fingerprint density at radius 1 is 1.40 bits per heavy atom. The molecule has 3 nitrogen and oxygen atoms in total. The standard InChI is InChI=1S/C11H18ClN3/c1-4-5-9(2)15(3)11-7-6-10(8-12)13-14-11/h6-7,9H,4-5,8H2,1-3H3. The minimum absolute atomic E-state index is 0.418. The van der Waals surface area contributed by atoms with Gasteiger partial charge in [-0.1, -0.05) is 13.3 Å². The van der Waals surface area contributed by atoms with Gasteiger partial charge in [0.2, 0.25) is 0 Å². The highest BCUT2D eigenvalue weighted by molar-refractivity contribution is 6.16. The number of nitrogens with zero attached hydrogens (tertiary/aromatic N) is 3. The molecule has 0 saturated heterocycles. The Morgan fingerprint density at radius 2 is 2.13 bits per heavy atom. The second-order valence-corrected chi connectivity index (χ2v) is 4.03. The number of hydrogen-bond donors (Lipinski definition) is 0. The van der Waals surface area contributed by atoms with Crippen molar-refractivity contribution < 1.29 is 0 Å². The van der Waals surface area contributed by atoms with Crippen LogP contribution in [0.2, 0.25) is 0 Å². The Kier molecular flexibility index (Phi) is 4.82. The van der Waals surface area contributed by atoms with Crippen molar-refractivity contribution in [2.45, 2.75) is 38.6 Å². The SMILES string of the molecule is CCCC(C)N(C)c1ccc(CCl)nn1. The molecule has 1 rings (SSSR count). The van der Waals surface area contributed by atoms with Crippen molar-refractivity contribution in [3.05, 3.63) is 17.8 Å². The number of anilines is 1. The predicted octanol–water partition coefficient (Wildman–Crippen LogP) is 2.84. The van der Waals surface area contributed by atoms with Crippen LogP contribution < -0.4 is 4.90 Å². The Labute approximate surface area is 96.5 Å². The third kappa shape index (κ3) is 3.34. The average molecular weight is 228 g/mol. The third-order valence-electron chi connectivity index (χ3n) is 2.57. The molecule has 0 amide bonds. The molecule has 4 heteroatoms. The fraction of sp³-hybridized carbons (Fsp3) is 0.636. The lowest BCUT2D eigenvalue weighted by Gasteiger charge is -2.25. The summed E-state index contributed by atoms with van der Waals surface area (Å²) in [7, 11) is 2.05. The number of aromatic nitrogens is 2. The van der Waals surface area contributed by atoms with Crippen molar-refractivity contribution in [1.29, 1.82) is 0 Å². The highest BCUT2D eigenvalue weighted by Gasteiger charge is 2.10. The van der Waals surface area contributed by atoms with E-state index in [0.717, 1.165) is 17.9 Å². The number of halogens is 1. The summed E-state index contributed by atoms with van der Waals surface area (Å²) in [6.45, 7) is 4.38. The zero-order chi connectivity index (χ0) is 11.3. The molecule has 1 aromatic heterocycles. The second kappa shape index (κ2) is 5.91.